The molecule has 0 radical (unpaired) electrons. The molecule has 1 aromatic heterocycles. The molecular formula is C17H18N2O6S. The number of methoxy groups -OCH3 is 2. The Morgan fingerprint density at radius 1 is 1.12 bits per heavy atom. The maximum Gasteiger partial charge on any atom is 0.310 e. The number of amides is 2. The molecule has 2 amide bonds. The molecule has 0 aliphatic rings. The molecule has 138 valence electrons. The number of hydrogen-bond donors (Lipinski definition) is 2. The lowest BCUT2D eigenvalue weighted by Gasteiger charge is -2.10. The average Bonchev–Trinajstić information content (AvgIpc) is 3.08. The highest BCUT2D eigenvalue weighted by Gasteiger charge is 2.15. The van der Waals surface area contributed by atoms with Crippen LogP contribution in [0.25, 0.3) is 0 Å². The summed E-state index contributed by atoms with van der Waals surface area (Å²) in [6, 6.07) is 6.54. The summed E-state index contributed by atoms with van der Waals surface area (Å²) in [5.74, 6) is -0.742. The molecule has 0 saturated carbocycles. The molecule has 8 nitrogen and oxygen atoms in total. The predicted molar refractivity (Wildman–Crippen MR) is 95.7 cm³/mol. The lowest BCUT2D eigenvalue weighted by molar-refractivity contribution is -0.146. The van der Waals surface area contributed by atoms with Gasteiger partial charge in [0.05, 0.1) is 26.2 Å². The zero-order valence-corrected chi connectivity index (χ0v) is 15.1. The summed E-state index contributed by atoms with van der Waals surface area (Å²) in [5, 5.41) is 4.43. The van der Waals surface area contributed by atoms with Gasteiger partial charge in [-0.2, -0.15) is 0 Å². The molecule has 3 N–H and O–H groups in total. The van der Waals surface area contributed by atoms with Crippen molar-refractivity contribution in [2.45, 2.75) is 6.42 Å². The molecule has 9 heteroatoms. The van der Waals surface area contributed by atoms with Crippen LogP contribution in [0.2, 0.25) is 0 Å². The van der Waals surface area contributed by atoms with E-state index in [4.69, 9.17) is 19.9 Å². The van der Waals surface area contributed by atoms with Crippen LogP contribution in [0.3, 0.4) is 0 Å². The molecule has 0 fully saturated rings. The summed E-state index contributed by atoms with van der Waals surface area (Å²) in [7, 11) is 3.01. The van der Waals surface area contributed by atoms with Crippen molar-refractivity contribution in [2.24, 2.45) is 5.73 Å². The van der Waals surface area contributed by atoms with Crippen LogP contribution in [0.1, 0.15) is 15.9 Å². The molecule has 1 aromatic carbocycles. The number of thiophene rings is 1. The summed E-state index contributed by atoms with van der Waals surface area (Å²) < 4.78 is 15.2. The molecule has 2 aromatic rings. The van der Waals surface area contributed by atoms with Crippen LogP contribution < -0.4 is 20.5 Å². The molecule has 0 unspecified atom stereocenters. The number of primary amides is 1. The quantitative estimate of drug-likeness (QED) is 0.674. The van der Waals surface area contributed by atoms with E-state index >= 15 is 0 Å². The number of ether oxygens (including phenoxy) is 3. The Bertz CT molecular complexity index is 817. The first-order valence-electron chi connectivity index (χ1n) is 7.48. The predicted octanol–water partition coefficient (Wildman–Crippen LogP) is 1.59. The first kappa shape index (κ1) is 19.3. The Morgan fingerprint density at radius 3 is 2.50 bits per heavy atom. The number of hydrogen-bond acceptors (Lipinski definition) is 7. The van der Waals surface area contributed by atoms with Gasteiger partial charge in [-0.05, 0) is 29.1 Å². The van der Waals surface area contributed by atoms with Gasteiger partial charge in [-0.1, -0.05) is 6.07 Å². The van der Waals surface area contributed by atoms with E-state index in [0.29, 0.717) is 22.1 Å². The van der Waals surface area contributed by atoms with Gasteiger partial charge in [-0.15, -0.1) is 11.3 Å². The molecule has 0 saturated heterocycles. The first-order chi connectivity index (χ1) is 12.4. The molecular weight excluding hydrogens is 360 g/mol. The molecule has 0 aliphatic carbocycles. The van der Waals surface area contributed by atoms with Crippen LogP contribution in [-0.2, 0) is 20.7 Å². The van der Waals surface area contributed by atoms with Gasteiger partial charge in [0.2, 0.25) is 0 Å². The molecule has 0 atom stereocenters. The van der Waals surface area contributed by atoms with Crippen molar-refractivity contribution in [1.29, 1.82) is 0 Å². The fraction of sp³-hybridized carbons (Fsp3) is 0.235. The van der Waals surface area contributed by atoms with Crippen LogP contribution in [0.4, 0.5) is 5.00 Å². The van der Waals surface area contributed by atoms with E-state index in [1.54, 1.807) is 23.6 Å². The molecule has 1 heterocycles. The smallest absolute Gasteiger partial charge is 0.310 e. The number of nitrogens with two attached hydrogens (primary N) is 1. The van der Waals surface area contributed by atoms with Gasteiger partial charge in [-0.25, -0.2) is 0 Å². The lowest BCUT2D eigenvalue weighted by Crippen LogP contribution is -2.22. The number of nitrogens with one attached hydrogen (secondary N) is 1. The average molecular weight is 378 g/mol. The van der Waals surface area contributed by atoms with Gasteiger partial charge < -0.3 is 25.3 Å². The largest absolute Gasteiger partial charge is 0.493 e. The third-order valence-electron chi connectivity index (χ3n) is 3.34. The van der Waals surface area contributed by atoms with Gasteiger partial charge in [-0.3, -0.25) is 14.4 Å². The monoisotopic (exact) mass is 378 g/mol. The van der Waals surface area contributed by atoms with Crippen molar-refractivity contribution in [3.63, 3.8) is 0 Å². The minimum atomic E-state index is -0.646. The fourth-order valence-corrected chi connectivity index (χ4v) is 2.93. The second kappa shape index (κ2) is 8.86. The van der Waals surface area contributed by atoms with E-state index in [1.165, 1.54) is 20.3 Å². The van der Waals surface area contributed by atoms with Crippen molar-refractivity contribution in [3.8, 4) is 11.5 Å². The van der Waals surface area contributed by atoms with E-state index in [9.17, 15) is 14.4 Å². The summed E-state index contributed by atoms with van der Waals surface area (Å²) in [5.41, 5.74) is 6.06. The lowest BCUT2D eigenvalue weighted by atomic mass is 10.1. The number of carbonyl (C=O) groups excluding carboxylic acids is 3. The summed E-state index contributed by atoms with van der Waals surface area (Å²) in [6.07, 6.45) is -0.0286. The van der Waals surface area contributed by atoms with Crippen molar-refractivity contribution in [2.75, 3.05) is 26.1 Å². The van der Waals surface area contributed by atoms with Crippen LogP contribution in [-0.4, -0.2) is 38.6 Å². The van der Waals surface area contributed by atoms with E-state index in [2.05, 4.69) is 5.32 Å². The maximum atomic E-state index is 11.9. The van der Waals surface area contributed by atoms with E-state index in [-0.39, 0.29) is 12.0 Å². The summed E-state index contributed by atoms with van der Waals surface area (Å²) in [4.78, 5) is 35.0. The highest BCUT2D eigenvalue weighted by Crippen LogP contribution is 2.27. The highest BCUT2D eigenvalue weighted by molar-refractivity contribution is 7.14. The highest BCUT2D eigenvalue weighted by atomic mass is 32.1. The zero-order chi connectivity index (χ0) is 19.1. The molecule has 0 spiro atoms. The van der Waals surface area contributed by atoms with Crippen molar-refractivity contribution in [3.05, 3.63) is 40.8 Å². The zero-order valence-electron chi connectivity index (χ0n) is 14.2. The minimum Gasteiger partial charge on any atom is -0.493 e. The normalized spacial score (nSPS) is 10.1. The van der Waals surface area contributed by atoms with E-state index in [1.807, 2.05) is 0 Å². The van der Waals surface area contributed by atoms with Crippen molar-refractivity contribution < 1.29 is 28.6 Å². The van der Waals surface area contributed by atoms with Crippen molar-refractivity contribution in [1.82, 2.24) is 0 Å². The second-order valence-electron chi connectivity index (χ2n) is 5.10. The van der Waals surface area contributed by atoms with E-state index in [0.717, 1.165) is 11.3 Å². The number of rotatable bonds is 8. The second-order valence-corrected chi connectivity index (χ2v) is 6.02. The Kier molecular flexibility index (Phi) is 6.56. The Morgan fingerprint density at radius 2 is 1.85 bits per heavy atom. The summed E-state index contributed by atoms with van der Waals surface area (Å²) >= 11 is 1.15. The molecule has 0 bridgehead atoms. The number of benzene rings is 1. The number of anilines is 1. The van der Waals surface area contributed by atoms with Crippen LogP contribution in [0.5, 0.6) is 11.5 Å². The van der Waals surface area contributed by atoms with Crippen LogP contribution in [0, 0.1) is 0 Å². The third-order valence-corrected chi connectivity index (χ3v) is 4.17. The number of esters is 1. The van der Waals surface area contributed by atoms with Gasteiger partial charge in [0, 0.05) is 0 Å². The maximum absolute atomic E-state index is 11.9. The topological polar surface area (TPSA) is 117 Å². The molecule has 26 heavy (non-hydrogen) atoms. The minimum absolute atomic E-state index is 0.0286. The third kappa shape index (κ3) is 4.96. The summed E-state index contributed by atoms with van der Waals surface area (Å²) in [6.45, 7) is -0.470. The Hall–Kier alpha value is -3.07. The van der Waals surface area contributed by atoms with Crippen molar-refractivity contribution >= 4 is 34.1 Å². The Labute approximate surface area is 153 Å². The van der Waals surface area contributed by atoms with E-state index < -0.39 is 24.4 Å². The van der Waals surface area contributed by atoms with Gasteiger partial charge in [0.15, 0.2) is 18.1 Å². The Balaban J connectivity index is 1.87. The molecule has 2 rings (SSSR count). The van der Waals surface area contributed by atoms with Crippen LogP contribution >= 0.6 is 11.3 Å². The van der Waals surface area contributed by atoms with Gasteiger partial charge in [0.25, 0.3) is 11.8 Å². The fourth-order valence-electron chi connectivity index (χ4n) is 2.12. The standard InChI is InChI=1S/C17H18N2O6S/c1-23-12-4-3-10(7-13(12)24-2)8-15(21)25-9-14(20)19-17-11(16(18)22)5-6-26-17/h3-7H,8-9H2,1-2H3,(H2,18,22)(H,19,20). The first-order valence-corrected chi connectivity index (χ1v) is 8.36. The van der Waals surface area contributed by atoms with Gasteiger partial charge >= 0.3 is 5.97 Å². The van der Waals surface area contributed by atoms with Crippen LogP contribution in [0.15, 0.2) is 29.6 Å². The number of carbonyl (C=O) groups is 3. The van der Waals surface area contributed by atoms with Gasteiger partial charge in [0.1, 0.15) is 5.00 Å². The molecule has 0 aliphatic heterocycles. The SMILES string of the molecule is COc1ccc(CC(=O)OCC(=O)Nc2sccc2C(N)=O)cc1OC.